The highest BCUT2D eigenvalue weighted by atomic mass is 16.4. The maximum Gasteiger partial charge on any atom is 0.134 e. The molecule has 1 aromatic heterocycles. The van der Waals surface area contributed by atoms with E-state index in [2.05, 4.69) is 32.9 Å². The molecule has 1 atom stereocenters. The third kappa shape index (κ3) is 2.74. The number of hydrogen-bond donors (Lipinski definition) is 1. The van der Waals surface area contributed by atoms with Crippen LogP contribution in [0.5, 0.6) is 0 Å². The summed E-state index contributed by atoms with van der Waals surface area (Å²) in [6, 6.07) is 8.22. The van der Waals surface area contributed by atoms with Gasteiger partial charge in [0.25, 0.3) is 0 Å². The van der Waals surface area contributed by atoms with Crippen LogP contribution in [-0.2, 0) is 0 Å². The van der Waals surface area contributed by atoms with E-state index in [1.165, 1.54) is 18.4 Å². The minimum atomic E-state index is -0.477. The zero-order valence-corrected chi connectivity index (χ0v) is 13.4. The first-order valence-electron chi connectivity index (χ1n) is 8.18. The minimum absolute atomic E-state index is 0.0110. The number of aryl methyl sites for hydroxylation is 1. The van der Waals surface area contributed by atoms with Crippen molar-refractivity contribution in [1.82, 2.24) is 0 Å². The van der Waals surface area contributed by atoms with Crippen LogP contribution in [0.25, 0.3) is 11.0 Å². The summed E-state index contributed by atoms with van der Waals surface area (Å²) in [7, 11) is 0. The molecule has 2 heteroatoms. The van der Waals surface area contributed by atoms with Crippen LogP contribution in [0.4, 0.5) is 0 Å². The number of furan rings is 1. The highest BCUT2D eigenvalue weighted by Gasteiger charge is 2.43. The zero-order valence-electron chi connectivity index (χ0n) is 13.4. The molecule has 0 amide bonds. The molecule has 1 aliphatic carbocycles. The van der Waals surface area contributed by atoms with E-state index in [1.54, 1.807) is 0 Å². The summed E-state index contributed by atoms with van der Waals surface area (Å²) in [5, 5.41) is 12.1. The molecule has 1 heterocycles. The van der Waals surface area contributed by atoms with Crippen molar-refractivity contribution in [2.24, 2.45) is 11.3 Å². The van der Waals surface area contributed by atoms with Crippen LogP contribution in [0.15, 0.2) is 28.7 Å². The zero-order chi connectivity index (χ0) is 15.0. The molecule has 1 aromatic carbocycles. The van der Waals surface area contributed by atoms with Gasteiger partial charge in [-0.25, -0.2) is 0 Å². The smallest absolute Gasteiger partial charge is 0.134 e. The molecule has 0 radical (unpaired) electrons. The van der Waals surface area contributed by atoms with E-state index in [-0.39, 0.29) is 5.41 Å². The van der Waals surface area contributed by atoms with E-state index in [4.69, 9.17) is 4.42 Å². The van der Waals surface area contributed by atoms with E-state index < -0.39 is 6.10 Å². The Morgan fingerprint density at radius 1 is 1.19 bits per heavy atom. The number of benzene rings is 1. The Bertz CT molecular complexity index is 618. The lowest BCUT2D eigenvalue weighted by Crippen LogP contribution is -2.27. The molecule has 1 fully saturated rings. The van der Waals surface area contributed by atoms with Gasteiger partial charge in [-0.15, -0.1) is 0 Å². The van der Waals surface area contributed by atoms with Gasteiger partial charge in [0.2, 0.25) is 0 Å². The Kier molecular flexibility index (Phi) is 3.83. The van der Waals surface area contributed by atoms with Crippen molar-refractivity contribution in [1.29, 1.82) is 0 Å². The Morgan fingerprint density at radius 3 is 2.57 bits per heavy atom. The lowest BCUT2D eigenvalue weighted by atomic mass is 9.73. The van der Waals surface area contributed by atoms with E-state index in [9.17, 15) is 5.11 Å². The summed E-state index contributed by atoms with van der Waals surface area (Å²) in [4.78, 5) is 0. The average molecular weight is 286 g/mol. The van der Waals surface area contributed by atoms with Crippen molar-refractivity contribution in [3.63, 3.8) is 0 Å². The third-order valence-electron chi connectivity index (χ3n) is 4.95. The second-order valence-corrected chi connectivity index (χ2v) is 7.26. The fourth-order valence-electron chi connectivity index (χ4n) is 4.10. The van der Waals surface area contributed by atoms with Crippen molar-refractivity contribution in [3.8, 4) is 0 Å². The number of fused-ring (bicyclic) bond motifs is 1. The van der Waals surface area contributed by atoms with Gasteiger partial charge >= 0.3 is 0 Å². The molecule has 1 N–H and O–H groups in total. The van der Waals surface area contributed by atoms with Gasteiger partial charge < -0.3 is 9.52 Å². The summed E-state index contributed by atoms with van der Waals surface area (Å²) in [6.07, 6.45) is 5.27. The molecule has 3 rings (SSSR count). The van der Waals surface area contributed by atoms with Crippen molar-refractivity contribution in [2.45, 2.75) is 59.0 Å². The molecule has 0 spiro atoms. The number of hydrogen-bond acceptors (Lipinski definition) is 2. The van der Waals surface area contributed by atoms with Crippen LogP contribution < -0.4 is 0 Å². The van der Waals surface area contributed by atoms with Crippen LogP contribution in [0.2, 0.25) is 0 Å². The van der Waals surface area contributed by atoms with Crippen LogP contribution in [0, 0.1) is 18.3 Å². The van der Waals surface area contributed by atoms with E-state index in [0.717, 1.165) is 36.0 Å². The van der Waals surface area contributed by atoms with Crippen molar-refractivity contribution in [2.75, 3.05) is 0 Å². The van der Waals surface area contributed by atoms with E-state index in [0.29, 0.717) is 5.92 Å². The lowest BCUT2D eigenvalue weighted by Gasteiger charge is -2.34. The van der Waals surface area contributed by atoms with Gasteiger partial charge in [0.15, 0.2) is 0 Å². The summed E-state index contributed by atoms with van der Waals surface area (Å²) >= 11 is 0. The molecule has 2 nitrogen and oxygen atoms in total. The minimum Gasteiger partial charge on any atom is -0.458 e. The van der Waals surface area contributed by atoms with Crippen molar-refractivity contribution < 1.29 is 9.52 Å². The predicted molar refractivity (Wildman–Crippen MR) is 86.3 cm³/mol. The van der Waals surface area contributed by atoms with Crippen molar-refractivity contribution in [3.05, 3.63) is 35.6 Å². The largest absolute Gasteiger partial charge is 0.458 e. The maximum absolute atomic E-state index is 11.0. The average Bonchev–Trinajstić information content (AvgIpc) is 3.04. The normalized spacial score (nSPS) is 19.5. The van der Waals surface area contributed by atoms with Gasteiger partial charge in [0.1, 0.15) is 17.4 Å². The van der Waals surface area contributed by atoms with Gasteiger partial charge in [-0.3, -0.25) is 0 Å². The van der Waals surface area contributed by atoms with Gasteiger partial charge in [0, 0.05) is 10.8 Å². The summed E-state index contributed by atoms with van der Waals surface area (Å²) in [5.41, 5.74) is 2.12. The summed E-state index contributed by atoms with van der Waals surface area (Å²) in [6.45, 7) is 6.57. The fourth-order valence-corrected chi connectivity index (χ4v) is 4.10. The van der Waals surface area contributed by atoms with Crippen LogP contribution in [0.1, 0.15) is 63.4 Å². The molecular formula is C19H26O2. The first kappa shape index (κ1) is 14.6. The highest BCUT2D eigenvalue weighted by Crippen LogP contribution is 2.52. The van der Waals surface area contributed by atoms with Gasteiger partial charge in [-0.1, -0.05) is 38.3 Å². The SMILES string of the molecule is Cc1ccc2oc(C(O)C3(CC(C)C)CCCC3)cc2c1. The standard InChI is InChI=1S/C19H26O2/c1-13(2)12-19(8-4-5-9-19)18(20)17-11-15-10-14(3)6-7-16(15)21-17/h6-7,10-11,13,18,20H,4-5,8-9,12H2,1-3H3. The molecular weight excluding hydrogens is 260 g/mol. The molecule has 21 heavy (non-hydrogen) atoms. The molecule has 1 aliphatic rings. The fraction of sp³-hybridized carbons (Fsp3) is 0.579. The Morgan fingerprint density at radius 2 is 1.90 bits per heavy atom. The molecule has 114 valence electrons. The van der Waals surface area contributed by atoms with Gasteiger partial charge in [-0.05, 0) is 50.3 Å². The predicted octanol–water partition coefficient (Wildman–Crippen LogP) is 5.38. The molecule has 0 bridgehead atoms. The van der Waals surface area contributed by atoms with E-state index in [1.807, 2.05) is 12.1 Å². The Balaban J connectivity index is 1.95. The van der Waals surface area contributed by atoms with Crippen LogP contribution >= 0.6 is 0 Å². The van der Waals surface area contributed by atoms with E-state index >= 15 is 0 Å². The quantitative estimate of drug-likeness (QED) is 0.818. The van der Waals surface area contributed by atoms with Crippen LogP contribution in [0.3, 0.4) is 0 Å². The monoisotopic (exact) mass is 286 g/mol. The van der Waals surface area contributed by atoms with Gasteiger partial charge in [0.05, 0.1) is 0 Å². The first-order chi connectivity index (χ1) is 10.00. The van der Waals surface area contributed by atoms with Crippen molar-refractivity contribution >= 4 is 11.0 Å². The molecule has 0 saturated heterocycles. The summed E-state index contributed by atoms with van der Waals surface area (Å²) in [5.74, 6) is 1.35. The second-order valence-electron chi connectivity index (χ2n) is 7.26. The molecule has 1 unspecified atom stereocenters. The second kappa shape index (κ2) is 5.49. The first-order valence-corrected chi connectivity index (χ1v) is 8.18. The highest BCUT2D eigenvalue weighted by molar-refractivity contribution is 5.78. The Labute approximate surface area is 127 Å². The topological polar surface area (TPSA) is 33.4 Å². The molecule has 1 saturated carbocycles. The number of rotatable bonds is 4. The maximum atomic E-state index is 11.0. The summed E-state index contributed by atoms with van der Waals surface area (Å²) < 4.78 is 5.95. The molecule has 2 aromatic rings. The van der Waals surface area contributed by atoms with Crippen LogP contribution in [-0.4, -0.2) is 5.11 Å². The Hall–Kier alpha value is -1.28. The van der Waals surface area contributed by atoms with Gasteiger partial charge in [-0.2, -0.15) is 0 Å². The molecule has 0 aliphatic heterocycles. The third-order valence-corrected chi connectivity index (χ3v) is 4.95. The number of aliphatic hydroxyl groups excluding tert-OH is 1. The lowest BCUT2D eigenvalue weighted by molar-refractivity contribution is -0.00265. The number of aliphatic hydroxyl groups is 1.